The lowest BCUT2D eigenvalue weighted by atomic mass is 9.89. The van der Waals surface area contributed by atoms with Crippen LogP contribution in [0.5, 0.6) is 5.75 Å². The molecule has 1 fully saturated rings. The molecule has 1 saturated heterocycles. The Labute approximate surface area is 116 Å². The van der Waals surface area contributed by atoms with E-state index in [9.17, 15) is 9.59 Å². The number of rotatable bonds is 5. The molecule has 2 rings (SSSR count). The van der Waals surface area contributed by atoms with E-state index < -0.39 is 23.8 Å². The fourth-order valence-corrected chi connectivity index (χ4v) is 2.28. The molecule has 1 aromatic rings. The molecule has 0 aromatic heterocycles. The molecule has 108 valence electrons. The third kappa shape index (κ3) is 2.10. The molecular weight excluding hydrogens is 264 g/mol. The number of nitrogens with one attached hydrogen (secondary N) is 2. The molecule has 2 N–H and O–H groups in total. The van der Waals surface area contributed by atoms with Gasteiger partial charge in [-0.15, -0.1) is 0 Å². The molecule has 0 radical (unpaired) electrons. The molecule has 1 atom stereocenters. The van der Waals surface area contributed by atoms with Gasteiger partial charge in [-0.25, -0.2) is 4.79 Å². The monoisotopic (exact) mass is 280 g/mol. The molecule has 1 aromatic carbocycles. The summed E-state index contributed by atoms with van der Waals surface area (Å²) in [6.07, 6.45) is -0.956. The molecule has 0 unspecified atom stereocenters. The SMILES string of the molecule is COc1ccc([C@@]2(C(OC)OC)NC(=O)NC2=O)cc1. The van der Waals surface area contributed by atoms with E-state index in [-0.39, 0.29) is 0 Å². The Kier molecular flexibility index (Phi) is 3.91. The summed E-state index contributed by atoms with van der Waals surface area (Å²) >= 11 is 0. The van der Waals surface area contributed by atoms with Crippen LogP contribution in [0.1, 0.15) is 5.56 Å². The zero-order valence-corrected chi connectivity index (χ0v) is 11.4. The van der Waals surface area contributed by atoms with Crippen molar-refractivity contribution in [3.05, 3.63) is 29.8 Å². The number of hydrogen-bond donors (Lipinski definition) is 2. The first kappa shape index (κ1) is 14.3. The highest BCUT2D eigenvalue weighted by Crippen LogP contribution is 2.32. The van der Waals surface area contributed by atoms with E-state index in [0.717, 1.165) is 0 Å². The summed E-state index contributed by atoms with van der Waals surface area (Å²) in [6, 6.07) is 6.14. The van der Waals surface area contributed by atoms with Gasteiger partial charge in [-0.2, -0.15) is 0 Å². The summed E-state index contributed by atoms with van der Waals surface area (Å²) in [5.74, 6) is 0.112. The van der Waals surface area contributed by atoms with Crippen LogP contribution in [0.15, 0.2) is 24.3 Å². The van der Waals surface area contributed by atoms with Crippen LogP contribution in [-0.4, -0.2) is 39.6 Å². The van der Waals surface area contributed by atoms with Gasteiger partial charge in [0.05, 0.1) is 7.11 Å². The van der Waals surface area contributed by atoms with Crippen molar-refractivity contribution >= 4 is 11.9 Å². The molecule has 1 aliphatic rings. The lowest BCUT2D eigenvalue weighted by molar-refractivity contribution is -0.166. The molecule has 1 heterocycles. The predicted molar refractivity (Wildman–Crippen MR) is 69.2 cm³/mol. The van der Waals surface area contributed by atoms with Gasteiger partial charge in [0.25, 0.3) is 5.91 Å². The van der Waals surface area contributed by atoms with E-state index in [0.29, 0.717) is 11.3 Å². The third-order valence-corrected chi connectivity index (χ3v) is 3.22. The maximum absolute atomic E-state index is 12.2. The number of urea groups is 1. The van der Waals surface area contributed by atoms with Crippen molar-refractivity contribution in [2.75, 3.05) is 21.3 Å². The molecule has 0 aliphatic carbocycles. The van der Waals surface area contributed by atoms with Crippen LogP contribution in [0, 0.1) is 0 Å². The second kappa shape index (κ2) is 5.48. The largest absolute Gasteiger partial charge is 0.497 e. The maximum Gasteiger partial charge on any atom is 0.322 e. The van der Waals surface area contributed by atoms with Gasteiger partial charge in [0.2, 0.25) is 0 Å². The molecule has 0 spiro atoms. The van der Waals surface area contributed by atoms with Crippen molar-refractivity contribution in [1.29, 1.82) is 0 Å². The first-order chi connectivity index (χ1) is 9.58. The zero-order valence-electron chi connectivity index (χ0n) is 11.4. The van der Waals surface area contributed by atoms with E-state index in [2.05, 4.69) is 10.6 Å². The van der Waals surface area contributed by atoms with Crippen molar-refractivity contribution < 1.29 is 23.8 Å². The van der Waals surface area contributed by atoms with Gasteiger partial charge in [0, 0.05) is 14.2 Å². The lowest BCUT2D eigenvalue weighted by Gasteiger charge is -2.32. The molecule has 7 heteroatoms. The Morgan fingerprint density at radius 1 is 1.05 bits per heavy atom. The number of carbonyl (C=O) groups is 2. The van der Waals surface area contributed by atoms with Gasteiger partial charge >= 0.3 is 6.03 Å². The normalized spacial score (nSPS) is 21.8. The highest BCUT2D eigenvalue weighted by atomic mass is 16.7. The average Bonchev–Trinajstić information content (AvgIpc) is 2.76. The van der Waals surface area contributed by atoms with Crippen molar-refractivity contribution in [1.82, 2.24) is 10.6 Å². The zero-order chi connectivity index (χ0) is 14.8. The number of imide groups is 1. The van der Waals surface area contributed by atoms with E-state index in [4.69, 9.17) is 14.2 Å². The number of methoxy groups -OCH3 is 3. The van der Waals surface area contributed by atoms with Gasteiger partial charge < -0.3 is 19.5 Å². The highest BCUT2D eigenvalue weighted by Gasteiger charge is 2.54. The molecule has 3 amide bonds. The van der Waals surface area contributed by atoms with Gasteiger partial charge in [-0.1, -0.05) is 12.1 Å². The van der Waals surface area contributed by atoms with Gasteiger partial charge in [0.1, 0.15) is 5.75 Å². The number of amides is 3. The first-order valence-electron chi connectivity index (χ1n) is 5.92. The molecule has 0 saturated carbocycles. The third-order valence-electron chi connectivity index (χ3n) is 3.22. The number of benzene rings is 1. The fourth-order valence-electron chi connectivity index (χ4n) is 2.28. The van der Waals surface area contributed by atoms with Crippen molar-refractivity contribution in [3.8, 4) is 5.75 Å². The van der Waals surface area contributed by atoms with Crippen molar-refractivity contribution in [2.45, 2.75) is 11.8 Å². The predicted octanol–water partition coefficient (Wildman–Crippen LogP) is 0.349. The average molecular weight is 280 g/mol. The van der Waals surface area contributed by atoms with Gasteiger partial charge in [-0.05, 0) is 17.7 Å². The van der Waals surface area contributed by atoms with Crippen LogP contribution in [0.2, 0.25) is 0 Å². The van der Waals surface area contributed by atoms with Crippen LogP contribution in [0.3, 0.4) is 0 Å². The highest BCUT2D eigenvalue weighted by molar-refractivity contribution is 6.07. The van der Waals surface area contributed by atoms with Crippen LogP contribution in [0.4, 0.5) is 4.79 Å². The van der Waals surface area contributed by atoms with E-state index in [1.807, 2.05) is 0 Å². The van der Waals surface area contributed by atoms with E-state index in [1.54, 1.807) is 31.4 Å². The van der Waals surface area contributed by atoms with E-state index in [1.165, 1.54) is 14.2 Å². The molecular formula is C13H16N2O5. The Morgan fingerprint density at radius 3 is 2.05 bits per heavy atom. The molecule has 0 bridgehead atoms. The summed E-state index contributed by atoms with van der Waals surface area (Å²) in [4.78, 5) is 23.8. The van der Waals surface area contributed by atoms with Gasteiger partial charge in [-0.3, -0.25) is 10.1 Å². The second-order valence-corrected chi connectivity index (χ2v) is 4.25. The standard InChI is InChI=1S/C13H16N2O5/c1-18-9-6-4-8(5-7-9)13(11(19-2)20-3)10(16)14-12(17)15-13/h4-7,11H,1-3H3,(H2,14,15,16,17)/t13-/m1/s1. The van der Waals surface area contributed by atoms with Crippen LogP contribution < -0.4 is 15.4 Å². The fraction of sp³-hybridized carbons (Fsp3) is 0.385. The number of hydrogen-bond acceptors (Lipinski definition) is 5. The minimum absolute atomic E-state index is 0.527. The first-order valence-corrected chi connectivity index (χ1v) is 5.92. The smallest absolute Gasteiger partial charge is 0.322 e. The van der Waals surface area contributed by atoms with Crippen molar-refractivity contribution in [2.24, 2.45) is 0 Å². The van der Waals surface area contributed by atoms with Crippen LogP contribution in [-0.2, 0) is 19.8 Å². The van der Waals surface area contributed by atoms with Crippen LogP contribution in [0.25, 0.3) is 0 Å². The minimum atomic E-state index is -1.42. The Hall–Kier alpha value is -2.12. The van der Waals surface area contributed by atoms with Crippen molar-refractivity contribution in [3.63, 3.8) is 0 Å². The Bertz CT molecular complexity index is 512. The number of ether oxygens (including phenoxy) is 3. The molecule has 20 heavy (non-hydrogen) atoms. The minimum Gasteiger partial charge on any atom is -0.497 e. The topological polar surface area (TPSA) is 85.9 Å². The van der Waals surface area contributed by atoms with Crippen LogP contribution >= 0.6 is 0 Å². The van der Waals surface area contributed by atoms with E-state index >= 15 is 0 Å². The lowest BCUT2D eigenvalue weighted by Crippen LogP contribution is -2.54. The van der Waals surface area contributed by atoms with Gasteiger partial charge in [0.15, 0.2) is 11.8 Å². The summed E-state index contributed by atoms with van der Waals surface area (Å²) in [5, 5.41) is 4.79. The summed E-state index contributed by atoms with van der Waals surface area (Å²) in [7, 11) is 4.34. The Morgan fingerprint density at radius 2 is 1.65 bits per heavy atom. The second-order valence-electron chi connectivity index (χ2n) is 4.25. The summed E-state index contributed by atoms with van der Waals surface area (Å²) < 4.78 is 15.5. The summed E-state index contributed by atoms with van der Waals surface area (Å²) in [6.45, 7) is 0. The molecule has 1 aliphatic heterocycles. The quantitative estimate of drug-likeness (QED) is 0.600. The Balaban J connectivity index is 2.51. The number of carbonyl (C=O) groups excluding carboxylic acids is 2. The molecule has 7 nitrogen and oxygen atoms in total. The summed E-state index contributed by atoms with van der Waals surface area (Å²) in [5.41, 5.74) is -0.886. The maximum atomic E-state index is 12.2.